The fraction of sp³-hybridized carbons (Fsp3) is 0.400. The third-order valence-corrected chi connectivity index (χ3v) is 2.91. The van der Waals surface area contributed by atoms with Crippen LogP contribution >= 0.6 is 0 Å². The molecule has 1 aromatic heterocycles. The monoisotopic (exact) mass is 292 g/mol. The molecule has 1 aromatic rings. The number of carbonyl (C=O) groups is 2. The van der Waals surface area contributed by atoms with Crippen LogP contribution in [-0.2, 0) is 9.59 Å². The van der Waals surface area contributed by atoms with Crippen molar-refractivity contribution < 1.29 is 19.4 Å². The molecule has 0 saturated heterocycles. The van der Waals surface area contributed by atoms with E-state index in [2.05, 4.69) is 10.3 Å². The lowest BCUT2D eigenvalue weighted by Gasteiger charge is -2.17. The first kappa shape index (κ1) is 16.7. The van der Waals surface area contributed by atoms with Crippen LogP contribution in [-0.4, -0.2) is 34.6 Å². The Hall–Kier alpha value is -2.37. The lowest BCUT2D eigenvalue weighted by molar-refractivity contribution is -0.131. The van der Waals surface area contributed by atoms with Crippen LogP contribution in [0.15, 0.2) is 24.4 Å². The fourth-order valence-corrected chi connectivity index (χ4v) is 1.34. The van der Waals surface area contributed by atoms with Crippen molar-refractivity contribution in [3.8, 4) is 5.75 Å². The standard InChI is InChI=1S/C15H20N2O4/c1-10(2)11(3)17-14(18)9-21-13-6-4-12(16-8-13)5-7-15(19)20/h4-8,10-11H,9H2,1-3H3,(H,17,18)(H,19,20). The van der Waals surface area contributed by atoms with E-state index in [0.717, 1.165) is 6.08 Å². The smallest absolute Gasteiger partial charge is 0.328 e. The Kier molecular flexibility index (Phi) is 6.39. The van der Waals surface area contributed by atoms with Crippen molar-refractivity contribution in [3.63, 3.8) is 0 Å². The summed E-state index contributed by atoms with van der Waals surface area (Å²) in [6, 6.07) is 3.33. The highest BCUT2D eigenvalue weighted by Gasteiger charge is 2.11. The Labute approximate surface area is 123 Å². The van der Waals surface area contributed by atoms with Crippen LogP contribution in [0.5, 0.6) is 5.75 Å². The molecule has 6 nitrogen and oxygen atoms in total. The number of pyridine rings is 1. The molecule has 0 radical (unpaired) electrons. The first-order chi connectivity index (χ1) is 9.88. The van der Waals surface area contributed by atoms with Crippen LogP contribution in [0.1, 0.15) is 26.5 Å². The lowest BCUT2D eigenvalue weighted by atomic mass is 10.1. The lowest BCUT2D eigenvalue weighted by Crippen LogP contribution is -2.38. The maximum atomic E-state index is 11.6. The van der Waals surface area contributed by atoms with Crippen molar-refractivity contribution in [2.75, 3.05) is 6.61 Å². The first-order valence-corrected chi connectivity index (χ1v) is 6.67. The van der Waals surface area contributed by atoms with Gasteiger partial charge in [0.15, 0.2) is 6.61 Å². The summed E-state index contributed by atoms with van der Waals surface area (Å²) in [5.74, 6) is -0.412. The zero-order valence-electron chi connectivity index (χ0n) is 12.4. The number of hydrogen-bond acceptors (Lipinski definition) is 4. The number of ether oxygens (including phenoxy) is 1. The van der Waals surface area contributed by atoms with Gasteiger partial charge in [-0.25, -0.2) is 4.79 Å². The molecule has 0 aliphatic heterocycles. The minimum atomic E-state index is -1.03. The van der Waals surface area contributed by atoms with Crippen molar-refractivity contribution in [3.05, 3.63) is 30.1 Å². The second kappa shape index (κ2) is 8.04. The number of carbonyl (C=O) groups excluding carboxylic acids is 1. The summed E-state index contributed by atoms with van der Waals surface area (Å²) in [6.45, 7) is 5.91. The van der Waals surface area contributed by atoms with Gasteiger partial charge in [0.2, 0.25) is 0 Å². The maximum Gasteiger partial charge on any atom is 0.328 e. The fourth-order valence-electron chi connectivity index (χ4n) is 1.34. The van der Waals surface area contributed by atoms with Crippen LogP contribution < -0.4 is 10.1 Å². The van der Waals surface area contributed by atoms with Gasteiger partial charge < -0.3 is 15.2 Å². The van der Waals surface area contributed by atoms with Crippen molar-refractivity contribution in [1.82, 2.24) is 10.3 Å². The average Bonchev–Trinajstić information content (AvgIpc) is 2.43. The molecule has 114 valence electrons. The number of rotatable bonds is 7. The molecule has 2 N–H and O–H groups in total. The Morgan fingerprint density at radius 1 is 1.38 bits per heavy atom. The molecule has 0 aliphatic carbocycles. The van der Waals surface area contributed by atoms with E-state index in [-0.39, 0.29) is 18.6 Å². The molecule has 1 atom stereocenters. The molecule has 0 spiro atoms. The average molecular weight is 292 g/mol. The van der Waals surface area contributed by atoms with Crippen LogP contribution in [0.4, 0.5) is 0 Å². The Morgan fingerprint density at radius 2 is 2.10 bits per heavy atom. The minimum absolute atomic E-state index is 0.0803. The van der Waals surface area contributed by atoms with Crippen molar-refractivity contribution in [2.45, 2.75) is 26.8 Å². The quantitative estimate of drug-likeness (QED) is 0.747. The number of nitrogens with zero attached hydrogens (tertiary/aromatic N) is 1. The van der Waals surface area contributed by atoms with E-state index in [1.165, 1.54) is 12.3 Å². The molecule has 1 heterocycles. The molecule has 0 saturated carbocycles. The van der Waals surface area contributed by atoms with Gasteiger partial charge in [-0.15, -0.1) is 0 Å². The molecular formula is C15H20N2O4. The van der Waals surface area contributed by atoms with Gasteiger partial charge in [-0.05, 0) is 31.1 Å². The maximum absolute atomic E-state index is 11.6. The predicted octanol–water partition coefficient (Wildman–Crippen LogP) is 1.72. The van der Waals surface area contributed by atoms with Crippen LogP contribution in [0.25, 0.3) is 6.08 Å². The zero-order chi connectivity index (χ0) is 15.8. The first-order valence-electron chi connectivity index (χ1n) is 6.67. The predicted molar refractivity (Wildman–Crippen MR) is 78.8 cm³/mol. The largest absolute Gasteiger partial charge is 0.482 e. The minimum Gasteiger partial charge on any atom is -0.482 e. The van der Waals surface area contributed by atoms with E-state index in [0.29, 0.717) is 17.4 Å². The van der Waals surface area contributed by atoms with Crippen molar-refractivity contribution in [2.24, 2.45) is 5.92 Å². The second-order valence-electron chi connectivity index (χ2n) is 4.98. The van der Waals surface area contributed by atoms with Gasteiger partial charge >= 0.3 is 5.97 Å². The number of amides is 1. The highest BCUT2D eigenvalue weighted by molar-refractivity contribution is 5.84. The van der Waals surface area contributed by atoms with Gasteiger partial charge in [-0.3, -0.25) is 9.78 Å². The van der Waals surface area contributed by atoms with Gasteiger partial charge in [0, 0.05) is 12.1 Å². The summed E-state index contributed by atoms with van der Waals surface area (Å²) >= 11 is 0. The van der Waals surface area contributed by atoms with Gasteiger partial charge in [0.05, 0.1) is 11.9 Å². The number of aromatic nitrogens is 1. The van der Waals surface area contributed by atoms with Crippen molar-refractivity contribution >= 4 is 18.0 Å². The Balaban J connectivity index is 2.46. The van der Waals surface area contributed by atoms with E-state index >= 15 is 0 Å². The molecule has 0 aliphatic rings. The summed E-state index contributed by atoms with van der Waals surface area (Å²) < 4.78 is 5.31. The van der Waals surface area contributed by atoms with E-state index in [1.807, 2.05) is 20.8 Å². The summed E-state index contributed by atoms with van der Waals surface area (Å²) in [6.07, 6.45) is 3.83. The number of hydrogen-bond donors (Lipinski definition) is 2. The number of carboxylic acid groups (broad SMARTS) is 1. The summed E-state index contributed by atoms with van der Waals surface area (Å²) in [7, 11) is 0. The van der Waals surface area contributed by atoms with E-state index in [9.17, 15) is 9.59 Å². The van der Waals surface area contributed by atoms with Crippen LogP contribution in [0, 0.1) is 5.92 Å². The molecular weight excluding hydrogens is 272 g/mol. The number of carboxylic acids is 1. The molecule has 21 heavy (non-hydrogen) atoms. The van der Waals surface area contributed by atoms with Crippen molar-refractivity contribution in [1.29, 1.82) is 0 Å². The highest BCUT2D eigenvalue weighted by atomic mass is 16.5. The van der Waals surface area contributed by atoms with E-state index in [4.69, 9.17) is 9.84 Å². The second-order valence-corrected chi connectivity index (χ2v) is 4.98. The van der Waals surface area contributed by atoms with Gasteiger partial charge in [-0.1, -0.05) is 13.8 Å². The SMILES string of the molecule is CC(C)C(C)NC(=O)COc1ccc(C=CC(=O)O)nc1. The number of aliphatic carboxylic acids is 1. The van der Waals surface area contributed by atoms with Crippen LogP contribution in [0.3, 0.4) is 0 Å². The third kappa shape index (κ3) is 6.56. The molecule has 0 bridgehead atoms. The number of nitrogens with one attached hydrogen (secondary N) is 1. The summed E-state index contributed by atoms with van der Waals surface area (Å²) in [5, 5.41) is 11.3. The molecule has 1 amide bonds. The molecule has 0 aromatic carbocycles. The topological polar surface area (TPSA) is 88.5 Å². The summed E-state index contributed by atoms with van der Waals surface area (Å²) in [5.41, 5.74) is 0.502. The molecule has 1 rings (SSSR count). The van der Waals surface area contributed by atoms with E-state index in [1.54, 1.807) is 12.1 Å². The summed E-state index contributed by atoms with van der Waals surface area (Å²) in [4.78, 5) is 26.0. The highest BCUT2D eigenvalue weighted by Crippen LogP contribution is 2.10. The normalized spacial score (nSPS) is 12.4. The van der Waals surface area contributed by atoms with E-state index < -0.39 is 5.97 Å². The zero-order valence-corrected chi connectivity index (χ0v) is 12.4. The van der Waals surface area contributed by atoms with Gasteiger partial charge in [0.1, 0.15) is 5.75 Å². The third-order valence-electron chi connectivity index (χ3n) is 2.91. The molecule has 1 unspecified atom stereocenters. The Bertz CT molecular complexity index is 509. The Morgan fingerprint density at radius 3 is 2.62 bits per heavy atom. The van der Waals surface area contributed by atoms with Crippen LogP contribution in [0.2, 0.25) is 0 Å². The molecule has 6 heteroatoms. The van der Waals surface area contributed by atoms with Gasteiger partial charge in [0.25, 0.3) is 5.91 Å². The molecule has 0 fully saturated rings. The van der Waals surface area contributed by atoms with Gasteiger partial charge in [-0.2, -0.15) is 0 Å².